The fourth-order valence-electron chi connectivity index (χ4n) is 2.98. The van der Waals surface area contributed by atoms with Crippen molar-refractivity contribution in [3.05, 3.63) is 66.0 Å². The van der Waals surface area contributed by atoms with E-state index >= 15 is 0 Å². The first-order valence-electron chi connectivity index (χ1n) is 8.34. The van der Waals surface area contributed by atoms with E-state index in [4.69, 9.17) is 10.5 Å². The van der Waals surface area contributed by atoms with Gasteiger partial charge < -0.3 is 15.4 Å². The third-order valence-corrected chi connectivity index (χ3v) is 4.28. The highest BCUT2D eigenvalue weighted by molar-refractivity contribution is 5.83. The Labute approximate surface area is 142 Å². The highest BCUT2D eigenvalue weighted by Gasteiger charge is 2.27. The maximum atomic E-state index is 13.0. The van der Waals surface area contributed by atoms with Gasteiger partial charge in [0, 0.05) is 32.1 Å². The van der Waals surface area contributed by atoms with Crippen LogP contribution in [0.2, 0.25) is 0 Å². The smallest absolute Gasteiger partial charge is 0.244 e. The Bertz CT molecular complexity index is 642. The molecule has 1 aromatic heterocycles. The minimum absolute atomic E-state index is 0.0828. The number of carbonyl (C=O) groups excluding carboxylic acids is 1. The number of nitrogens with zero attached hydrogens (tertiary/aromatic N) is 2. The monoisotopic (exact) mass is 325 g/mol. The number of hydrogen-bond acceptors (Lipinski definition) is 4. The summed E-state index contributed by atoms with van der Waals surface area (Å²) >= 11 is 0. The van der Waals surface area contributed by atoms with Crippen LogP contribution in [0.15, 0.2) is 54.9 Å². The fourth-order valence-corrected chi connectivity index (χ4v) is 2.98. The van der Waals surface area contributed by atoms with Gasteiger partial charge in [0.25, 0.3) is 0 Å². The van der Waals surface area contributed by atoms with Crippen LogP contribution >= 0.6 is 0 Å². The molecule has 0 aliphatic carbocycles. The molecule has 1 amide bonds. The average molecular weight is 325 g/mol. The van der Waals surface area contributed by atoms with Crippen LogP contribution in [-0.2, 0) is 16.1 Å². The third-order valence-electron chi connectivity index (χ3n) is 4.28. The number of pyridine rings is 1. The Morgan fingerprint density at radius 2 is 2.12 bits per heavy atom. The summed E-state index contributed by atoms with van der Waals surface area (Å²) in [6.07, 6.45) is 5.63. The maximum Gasteiger partial charge on any atom is 0.244 e. The summed E-state index contributed by atoms with van der Waals surface area (Å²) in [6.45, 7) is 1.83. The summed E-state index contributed by atoms with van der Waals surface area (Å²) in [5, 5.41) is 0. The van der Waals surface area contributed by atoms with Crippen molar-refractivity contribution < 1.29 is 9.53 Å². The zero-order valence-corrected chi connectivity index (χ0v) is 13.7. The number of carbonyl (C=O) groups is 1. The molecule has 0 saturated carbocycles. The van der Waals surface area contributed by atoms with Crippen molar-refractivity contribution in [2.24, 2.45) is 5.73 Å². The van der Waals surface area contributed by atoms with E-state index in [1.54, 1.807) is 17.3 Å². The molecule has 0 radical (unpaired) electrons. The van der Waals surface area contributed by atoms with Crippen molar-refractivity contribution in [2.75, 3.05) is 13.2 Å². The number of rotatable bonds is 6. The SMILES string of the molecule is N[C@@H](C(=O)N(Cc1cccnc1)C[C@@H]1CCCO1)c1ccccc1. The first-order chi connectivity index (χ1) is 11.7. The van der Waals surface area contributed by atoms with Crippen LogP contribution < -0.4 is 5.73 Å². The third kappa shape index (κ3) is 4.19. The molecule has 1 aliphatic heterocycles. The van der Waals surface area contributed by atoms with Crippen LogP contribution in [0.5, 0.6) is 0 Å². The van der Waals surface area contributed by atoms with Gasteiger partial charge in [-0.15, -0.1) is 0 Å². The lowest BCUT2D eigenvalue weighted by Gasteiger charge is -2.28. The normalized spacial score (nSPS) is 18.3. The summed E-state index contributed by atoms with van der Waals surface area (Å²) in [6, 6.07) is 12.7. The fraction of sp³-hybridized carbons (Fsp3) is 0.368. The van der Waals surface area contributed by atoms with E-state index in [0.717, 1.165) is 30.6 Å². The van der Waals surface area contributed by atoms with Gasteiger partial charge in [-0.3, -0.25) is 9.78 Å². The van der Waals surface area contributed by atoms with Gasteiger partial charge in [-0.05, 0) is 30.0 Å². The van der Waals surface area contributed by atoms with E-state index in [1.807, 2.05) is 42.5 Å². The topological polar surface area (TPSA) is 68.5 Å². The molecule has 0 bridgehead atoms. The second kappa shape index (κ2) is 8.04. The van der Waals surface area contributed by atoms with Crippen molar-refractivity contribution in [1.82, 2.24) is 9.88 Å². The minimum Gasteiger partial charge on any atom is -0.376 e. The van der Waals surface area contributed by atoms with E-state index in [2.05, 4.69) is 4.98 Å². The van der Waals surface area contributed by atoms with Crippen molar-refractivity contribution in [3.63, 3.8) is 0 Å². The second-order valence-corrected chi connectivity index (χ2v) is 6.10. The molecule has 1 aliphatic rings. The molecular formula is C19H23N3O2. The minimum atomic E-state index is -0.663. The maximum absolute atomic E-state index is 13.0. The molecule has 1 aromatic carbocycles. The number of aromatic nitrogens is 1. The molecule has 5 nitrogen and oxygen atoms in total. The molecule has 2 aromatic rings. The van der Waals surface area contributed by atoms with Crippen LogP contribution in [0.4, 0.5) is 0 Å². The highest BCUT2D eigenvalue weighted by atomic mass is 16.5. The molecule has 3 rings (SSSR count). The molecule has 2 heterocycles. The number of ether oxygens (including phenoxy) is 1. The molecule has 24 heavy (non-hydrogen) atoms. The van der Waals surface area contributed by atoms with E-state index in [0.29, 0.717) is 13.1 Å². The molecule has 2 atom stereocenters. The molecule has 0 spiro atoms. The van der Waals surface area contributed by atoms with Crippen molar-refractivity contribution in [2.45, 2.75) is 31.5 Å². The van der Waals surface area contributed by atoms with Gasteiger partial charge in [-0.1, -0.05) is 36.4 Å². The number of benzene rings is 1. The zero-order chi connectivity index (χ0) is 16.8. The Morgan fingerprint density at radius 3 is 2.79 bits per heavy atom. The summed E-state index contributed by atoms with van der Waals surface area (Å²) < 4.78 is 5.71. The molecule has 2 N–H and O–H groups in total. The Balaban J connectivity index is 1.75. The zero-order valence-electron chi connectivity index (χ0n) is 13.7. The predicted octanol–water partition coefficient (Wildman–Crippen LogP) is 2.29. The summed E-state index contributed by atoms with van der Waals surface area (Å²) in [4.78, 5) is 18.9. The largest absolute Gasteiger partial charge is 0.376 e. The predicted molar refractivity (Wildman–Crippen MR) is 92.0 cm³/mol. The molecule has 126 valence electrons. The summed E-state index contributed by atoms with van der Waals surface area (Å²) in [5.41, 5.74) is 8.03. The summed E-state index contributed by atoms with van der Waals surface area (Å²) in [7, 11) is 0. The van der Waals surface area contributed by atoms with Crippen molar-refractivity contribution >= 4 is 5.91 Å². The van der Waals surface area contributed by atoms with Crippen LogP contribution in [0.25, 0.3) is 0 Å². The van der Waals surface area contributed by atoms with Crippen molar-refractivity contribution in [1.29, 1.82) is 0 Å². The lowest BCUT2D eigenvalue weighted by atomic mass is 10.1. The Hall–Kier alpha value is -2.24. The first-order valence-corrected chi connectivity index (χ1v) is 8.34. The van der Waals surface area contributed by atoms with Gasteiger partial charge in [0.2, 0.25) is 5.91 Å². The highest BCUT2D eigenvalue weighted by Crippen LogP contribution is 2.19. The number of amides is 1. The average Bonchev–Trinajstić information content (AvgIpc) is 3.15. The first kappa shape index (κ1) is 16.6. The van der Waals surface area contributed by atoms with E-state index in [9.17, 15) is 4.79 Å². The Morgan fingerprint density at radius 1 is 1.29 bits per heavy atom. The van der Waals surface area contributed by atoms with Gasteiger partial charge in [0.15, 0.2) is 0 Å². The Kier molecular flexibility index (Phi) is 5.56. The van der Waals surface area contributed by atoms with Crippen LogP contribution in [0.1, 0.15) is 30.0 Å². The van der Waals surface area contributed by atoms with Gasteiger partial charge >= 0.3 is 0 Å². The van der Waals surface area contributed by atoms with Gasteiger partial charge in [-0.2, -0.15) is 0 Å². The lowest BCUT2D eigenvalue weighted by molar-refractivity contribution is -0.135. The summed E-state index contributed by atoms with van der Waals surface area (Å²) in [5.74, 6) is -0.0828. The van der Waals surface area contributed by atoms with Gasteiger partial charge in [0.1, 0.15) is 6.04 Å². The van der Waals surface area contributed by atoms with Crippen LogP contribution in [0.3, 0.4) is 0 Å². The quantitative estimate of drug-likeness (QED) is 0.885. The van der Waals surface area contributed by atoms with Gasteiger partial charge in [-0.25, -0.2) is 0 Å². The molecule has 1 fully saturated rings. The molecule has 1 saturated heterocycles. The van der Waals surface area contributed by atoms with E-state index < -0.39 is 6.04 Å². The molecule has 5 heteroatoms. The molecule has 0 unspecified atom stereocenters. The standard InChI is InChI=1S/C19H23N3O2/c20-18(16-7-2-1-3-8-16)19(23)22(14-17-9-5-11-24-17)13-15-6-4-10-21-12-15/h1-4,6-8,10,12,17-18H,5,9,11,13-14,20H2/t17-,18+/m0/s1. The van der Waals surface area contributed by atoms with E-state index in [-0.39, 0.29) is 12.0 Å². The van der Waals surface area contributed by atoms with Crippen molar-refractivity contribution in [3.8, 4) is 0 Å². The lowest BCUT2D eigenvalue weighted by Crippen LogP contribution is -2.42. The molecular weight excluding hydrogens is 302 g/mol. The number of nitrogens with two attached hydrogens (primary N) is 1. The van der Waals surface area contributed by atoms with E-state index in [1.165, 1.54) is 0 Å². The number of hydrogen-bond donors (Lipinski definition) is 1. The van der Waals surface area contributed by atoms with Crippen LogP contribution in [-0.4, -0.2) is 35.0 Å². The van der Waals surface area contributed by atoms with Crippen LogP contribution in [0, 0.1) is 0 Å². The second-order valence-electron chi connectivity index (χ2n) is 6.10. The van der Waals surface area contributed by atoms with Gasteiger partial charge in [0.05, 0.1) is 6.10 Å².